The summed E-state index contributed by atoms with van der Waals surface area (Å²) in [6.07, 6.45) is 0. The molecule has 3 aromatic carbocycles. The lowest BCUT2D eigenvalue weighted by Gasteiger charge is -2.11. The molecule has 0 saturated carbocycles. The van der Waals surface area contributed by atoms with Gasteiger partial charge in [0.05, 0.1) is 5.02 Å². The van der Waals surface area contributed by atoms with Crippen molar-refractivity contribution in [3.63, 3.8) is 0 Å². The SMILES string of the molecule is Cc1ccc(NCc2ccc(OCc3ccc(Cl)cc3)c(Cl)c2)cc1Cl. The summed E-state index contributed by atoms with van der Waals surface area (Å²) in [5.74, 6) is 0.656. The summed E-state index contributed by atoms with van der Waals surface area (Å²) in [6, 6.07) is 19.2. The number of ether oxygens (including phenoxy) is 1. The predicted molar refractivity (Wildman–Crippen MR) is 111 cm³/mol. The van der Waals surface area contributed by atoms with Crippen LogP contribution in [-0.4, -0.2) is 0 Å². The Kier molecular flexibility index (Phi) is 6.31. The highest BCUT2D eigenvalue weighted by Crippen LogP contribution is 2.27. The minimum atomic E-state index is 0.441. The van der Waals surface area contributed by atoms with Gasteiger partial charge in [0.25, 0.3) is 0 Å². The molecule has 134 valence electrons. The van der Waals surface area contributed by atoms with Crippen LogP contribution >= 0.6 is 34.8 Å². The van der Waals surface area contributed by atoms with E-state index in [4.69, 9.17) is 39.5 Å². The molecule has 0 aliphatic rings. The molecule has 0 saturated heterocycles. The van der Waals surface area contributed by atoms with Crippen molar-refractivity contribution in [1.29, 1.82) is 0 Å². The Morgan fingerprint density at radius 2 is 1.54 bits per heavy atom. The van der Waals surface area contributed by atoms with Crippen LogP contribution in [0.5, 0.6) is 5.75 Å². The fraction of sp³-hybridized carbons (Fsp3) is 0.143. The zero-order valence-electron chi connectivity index (χ0n) is 14.2. The van der Waals surface area contributed by atoms with Crippen molar-refractivity contribution < 1.29 is 4.74 Å². The van der Waals surface area contributed by atoms with Gasteiger partial charge in [-0.1, -0.05) is 59.1 Å². The van der Waals surface area contributed by atoms with Crippen LogP contribution < -0.4 is 10.1 Å². The highest BCUT2D eigenvalue weighted by atomic mass is 35.5. The van der Waals surface area contributed by atoms with Crippen LogP contribution in [0.25, 0.3) is 0 Å². The summed E-state index contributed by atoms with van der Waals surface area (Å²) in [7, 11) is 0. The molecule has 2 nitrogen and oxygen atoms in total. The topological polar surface area (TPSA) is 21.3 Å². The number of benzene rings is 3. The van der Waals surface area contributed by atoms with Crippen molar-refractivity contribution in [2.45, 2.75) is 20.1 Å². The Morgan fingerprint density at radius 1 is 0.808 bits per heavy atom. The summed E-state index contributed by atoms with van der Waals surface area (Å²) < 4.78 is 5.80. The summed E-state index contributed by atoms with van der Waals surface area (Å²) in [5, 5.41) is 5.38. The molecule has 0 aromatic heterocycles. The van der Waals surface area contributed by atoms with Gasteiger partial charge < -0.3 is 10.1 Å². The first-order valence-electron chi connectivity index (χ1n) is 8.17. The molecular weight excluding hydrogens is 389 g/mol. The lowest BCUT2D eigenvalue weighted by Crippen LogP contribution is -2.01. The summed E-state index contributed by atoms with van der Waals surface area (Å²) in [4.78, 5) is 0. The zero-order chi connectivity index (χ0) is 18.5. The maximum Gasteiger partial charge on any atom is 0.138 e. The number of halogens is 3. The van der Waals surface area contributed by atoms with E-state index in [9.17, 15) is 0 Å². The van der Waals surface area contributed by atoms with E-state index in [2.05, 4.69) is 5.32 Å². The molecule has 0 unspecified atom stereocenters. The highest BCUT2D eigenvalue weighted by molar-refractivity contribution is 6.32. The van der Waals surface area contributed by atoms with Gasteiger partial charge >= 0.3 is 0 Å². The zero-order valence-corrected chi connectivity index (χ0v) is 16.5. The first kappa shape index (κ1) is 18.9. The van der Waals surface area contributed by atoms with E-state index in [0.29, 0.717) is 28.9 Å². The van der Waals surface area contributed by atoms with Crippen LogP contribution in [0.2, 0.25) is 15.1 Å². The van der Waals surface area contributed by atoms with Gasteiger partial charge in [-0.2, -0.15) is 0 Å². The van der Waals surface area contributed by atoms with Crippen LogP contribution in [0, 0.1) is 6.92 Å². The number of rotatable bonds is 6. The molecule has 26 heavy (non-hydrogen) atoms. The van der Waals surface area contributed by atoms with Gasteiger partial charge in [0.2, 0.25) is 0 Å². The van der Waals surface area contributed by atoms with Crippen LogP contribution in [0.15, 0.2) is 60.7 Å². The predicted octanol–water partition coefficient (Wildman–Crippen LogP) is 7.15. The van der Waals surface area contributed by atoms with E-state index >= 15 is 0 Å². The molecule has 0 aliphatic heterocycles. The van der Waals surface area contributed by atoms with E-state index in [0.717, 1.165) is 27.4 Å². The van der Waals surface area contributed by atoms with Gasteiger partial charge in [0.15, 0.2) is 0 Å². The number of anilines is 1. The second-order valence-corrected chi connectivity index (χ2v) is 7.25. The molecule has 0 amide bonds. The Balaban J connectivity index is 1.59. The quantitative estimate of drug-likeness (QED) is 0.469. The van der Waals surface area contributed by atoms with Gasteiger partial charge in [-0.05, 0) is 60.0 Å². The van der Waals surface area contributed by atoms with Crippen molar-refractivity contribution in [3.8, 4) is 5.75 Å². The fourth-order valence-corrected chi connectivity index (χ4v) is 2.98. The molecule has 3 rings (SSSR count). The standard InChI is InChI=1S/C21H18Cl3NO/c1-14-2-8-18(11-19(14)23)25-12-16-5-9-21(20(24)10-16)26-13-15-3-6-17(22)7-4-15/h2-11,25H,12-13H2,1H3. The molecule has 3 aromatic rings. The molecule has 0 bridgehead atoms. The van der Waals surface area contributed by atoms with Crippen LogP contribution in [-0.2, 0) is 13.2 Å². The third-order valence-electron chi connectivity index (χ3n) is 3.97. The molecule has 0 atom stereocenters. The second kappa shape index (κ2) is 8.68. The number of hydrogen-bond acceptors (Lipinski definition) is 2. The van der Waals surface area contributed by atoms with Gasteiger partial charge in [-0.3, -0.25) is 0 Å². The average Bonchev–Trinajstić information content (AvgIpc) is 2.63. The van der Waals surface area contributed by atoms with E-state index in [1.807, 2.05) is 67.6 Å². The first-order chi connectivity index (χ1) is 12.5. The molecular formula is C21H18Cl3NO. The minimum Gasteiger partial charge on any atom is -0.487 e. The lowest BCUT2D eigenvalue weighted by molar-refractivity contribution is 0.306. The Hall–Kier alpha value is -1.87. The number of nitrogens with one attached hydrogen (secondary N) is 1. The van der Waals surface area contributed by atoms with Gasteiger partial charge in [0.1, 0.15) is 12.4 Å². The highest BCUT2D eigenvalue weighted by Gasteiger charge is 2.05. The monoisotopic (exact) mass is 405 g/mol. The number of hydrogen-bond donors (Lipinski definition) is 1. The third kappa shape index (κ3) is 5.07. The molecule has 0 aliphatic carbocycles. The van der Waals surface area contributed by atoms with E-state index < -0.39 is 0 Å². The Bertz CT molecular complexity index is 894. The van der Waals surface area contributed by atoms with Crippen molar-refractivity contribution in [3.05, 3.63) is 92.4 Å². The van der Waals surface area contributed by atoms with Crippen LogP contribution in [0.1, 0.15) is 16.7 Å². The van der Waals surface area contributed by atoms with E-state index in [-0.39, 0.29) is 0 Å². The van der Waals surface area contributed by atoms with Crippen molar-refractivity contribution >= 4 is 40.5 Å². The molecule has 0 heterocycles. The normalized spacial score (nSPS) is 10.6. The number of aryl methyl sites for hydroxylation is 1. The van der Waals surface area contributed by atoms with Gasteiger partial charge in [-0.25, -0.2) is 0 Å². The van der Waals surface area contributed by atoms with Gasteiger partial charge in [-0.15, -0.1) is 0 Å². The Morgan fingerprint density at radius 3 is 2.23 bits per heavy atom. The molecule has 1 N–H and O–H groups in total. The summed E-state index contributed by atoms with van der Waals surface area (Å²) in [6.45, 7) is 3.07. The maximum atomic E-state index is 6.35. The summed E-state index contributed by atoms with van der Waals surface area (Å²) >= 11 is 18.4. The van der Waals surface area contributed by atoms with Crippen LogP contribution in [0.4, 0.5) is 5.69 Å². The fourth-order valence-electron chi connectivity index (χ4n) is 2.42. The Labute approximate surface area is 168 Å². The first-order valence-corrected chi connectivity index (χ1v) is 9.30. The lowest BCUT2D eigenvalue weighted by atomic mass is 10.2. The molecule has 0 spiro atoms. The average molecular weight is 407 g/mol. The van der Waals surface area contributed by atoms with Crippen molar-refractivity contribution in [1.82, 2.24) is 0 Å². The van der Waals surface area contributed by atoms with E-state index in [1.54, 1.807) is 0 Å². The van der Waals surface area contributed by atoms with Gasteiger partial charge in [0, 0.05) is 22.3 Å². The smallest absolute Gasteiger partial charge is 0.138 e. The van der Waals surface area contributed by atoms with Crippen molar-refractivity contribution in [2.24, 2.45) is 0 Å². The largest absolute Gasteiger partial charge is 0.487 e. The molecule has 5 heteroatoms. The minimum absolute atomic E-state index is 0.441. The van der Waals surface area contributed by atoms with E-state index in [1.165, 1.54) is 0 Å². The molecule has 0 radical (unpaired) electrons. The maximum absolute atomic E-state index is 6.35. The van der Waals surface area contributed by atoms with Crippen LogP contribution in [0.3, 0.4) is 0 Å². The summed E-state index contributed by atoms with van der Waals surface area (Å²) in [5.41, 5.74) is 4.13. The molecule has 0 fully saturated rings. The van der Waals surface area contributed by atoms with Crippen molar-refractivity contribution in [2.75, 3.05) is 5.32 Å². The second-order valence-electron chi connectivity index (χ2n) is 6.00. The third-order valence-corrected chi connectivity index (χ3v) is 4.93.